The van der Waals surface area contributed by atoms with Crippen molar-refractivity contribution in [1.29, 1.82) is 0 Å². The Balaban J connectivity index is 2.27. The lowest BCUT2D eigenvalue weighted by atomic mass is 9.95. The minimum atomic E-state index is -0.911. The Bertz CT molecular complexity index is 545. The highest BCUT2D eigenvalue weighted by atomic mass is 32.1. The maximum Gasteiger partial charge on any atom is 0.264 e. The highest BCUT2D eigenvalue weighted by molar-refractivity contribution is 7.12. The predicted molar refractivity (Wildman–Crippen MR) is 84.0 cm³/mol. The molecule has 0 bridgehead atoms. The van der Waals surface area contributed by atoms with Crippen LogP contribution in [0, 0.1) is 0 Å². The molecular weight excluding hydrogens is 304 g/mol. The smallest absolute Gasteiger partial charge is 0.264 e. The lowest BCUT2D eigenvalue weighted by Gasteiger charge is -2.36. The fourth-order valence-electron chi connectivity index (χ4n) is 2.96. The largest absolute Gasteiger partial charge is 0.382 e. The molecule has 0 aromatic carbocycles. The number of rotatable bonds is 6. The Kier molecular flexibility index (Phi) is 5.55. The van der Waals surface area contributed by atoms with Gasteiger partial charge in [-0.2, -0.15) is 0 Å². The molecule has 2 heterocycles. The molecule has 6 nitrogen and oxygen atoms in total. The Hall–Kier alpha value is -1.44. The normalized spacial score (nSPS) is 21.1. The average Bonchev–Trinajstić information content (AvgIpc) is 3.14. The number of methoxy groups -OCH3 is 2. The molecule has 0 aliphatic carbocycles. The van der Waals surface area contributed by atoms with Crippen LogP contribution in [0.3, 0.4) is 0 Å². The van der Waals surface area contributed by atoms with Crippen molar-refractivity contribution in [1.82, 2.24) is 10.2 Å². The molecule has 1 unspecified atom stereocenters. The van der Waals surface area contributed by atoms with E-state index in [1.807, 2.05) is 11.4 Å². The van der Waals surface area contributed by atoms with Gasteiger partial charge in [0.2, 0.25) is 5.91 Å². The molecule has 1 aromatic rings. The highest BCUT2D eigenvalue weighted by Crippen LogP contribution is 2.33. The second-order valence-electron chi connectivity index (χ2n) is 5.36. The lowest BCUT2D eigenvalue weighted by Crippen LogP contribution is -2.59. The summed E-state index contributed by atoms with van der Waals surface area (Å²) >= 11 is 1.38. The number of carbonyl (C=O) groups is 2. The molecule has 1 fully saturated rings. The Morgan fingerprint density at radius 2 is 2.18 bits per heavy atom. The van der Waals surface area contributed by atoms with Crippen LogP contribution in [0.5, 0.6) is 0 Å². The van der Waals surface area contributed by atoms with Crippen molar-refractivity contribution < 1.29 is 19.1 Å². The fourth-order valence-corrected chi connectivity index (χ4v) is 3.81. The number of likely N-dealkylation sites (tertiary alicyclic amines) is 1. The van der Waals surface area contributed by atoms with Crippen LogP contribution in [0.1, 0.15) is 28.1 Å². The van der Waals surface area contributed by atoms with E-state index >= 15 is 0 Å². The molecule has 22 heavy (non-hydrogen) atoms. The number of ether oxygens (including phenoxy) is 2. The third kappa shape index (κ3) is 3.02. The summed E-state index contributed by atoms with van der Waals surface area (Å²) in [6, 6.07) is 1.83. The summed E-state index contributed by atoms with van der Waals surface area (Å²) in [6.07, 6.45) is 1.40. The Morgan fingerprint density at radius 3 is 2.82 bits per heavy atom. The van der Waals surface area contributed by atoms with E-state index in [9.17, 15) is 9.59 Å². The van der Waals surface area contributed by atoms with Gasteiger partial charge in [0.05, 0.1) is 18.1 Å². The summed E-state index contributed by atoms with van der Waals surface area (Å²) in [6.45, 7) is 1.24. The Morgan fingerprint density at radius 1 is 1.41 bits per heavy atom. The molecule has 122 valence electrons. The van der Waals surface area contributed by atoms with Gasteiger partial charge in [-0.25, -0.2) is 0 Å². The van der Waals surface area contributed by atoms with Gasteiger partial charge in [-0.15, -0.1) is 11.3 Å². The van der Waals surface area contributed by atoms with Crippen molar-refractivity contribution in [2.45, 2.75) is 25.0 Å². The van der Waals surface area contributed by atoms with Crippen molar-refractivity contribution in [2.75, 3.05) is 34.4 Å². The first-order valence-corrected chi connectivity index (χ1v) is 8.06. The minimum Gasteiger partial charge on any atom is -0.382 e. The molecule has 1 aliphatic heterocycles. The molecule has 1 atom stereocenters. The van der Waals surface area contributed by atoms with Crippen molar-refractivity contribution in [3.05, 3.63) is 21.9 Å². The topological polar surface area (TPSA) is 67.9 Å². The van der Waals surface area contributed by atoms with E-state index in [4.69, 9.17) is 9.47 Å². The summed E-state index contributed by atoms with van der Waals surface area (Å²) in [7, 11) is 4.75. The van der Waals surface area contributed by atoms with E-state index in [1.54, 1.807) is 26.2 Å². The van der Waals surface area contributed by atoms with Gasteiger partial charge in [0.1, 0.15) is 5.54 Å². The van der Waals surface area contributed by atoms with Crippen LogP contribution in [0.4, 0.5) is 0 Å². The van der Waals surface area contributed by atoms with Crippen LogP contribution in [-0.4, -0.2) is 56.7 Å². The van der Waals surface area contributed by atoms with Gasteiger partial charge in [0, 0.05) is 27.8 Å². The van der Waals surface area contributed by atoms with Crippen LogP contribution in [0.15, 0.2) is 11.4 Å². The van der Waals surface area contributed by atoms with Crippen LogP contribution >= 0.6 is 11.3 Å². The molecule has 1 aliphatic rings. The number of nitrogens with zero attached hydrogens (tertiary/aromatic N) is 1. The quantitative estimate of drug-likeness (QED) is 0.855. The van der Waals surface area contributed by atoms with E-state index in [0.29, 0.717) is 24.4 Å². The molecule has 7 heteroatoms. The highest BCUT2D eigenvalue weighted by Gasteiger charge is 2.49. The van der Waals surface area contributed by atoms with E-state index in [1.165, 1.54) is 11.3 Å². The number of thiophene rings is 1. The molecule has 0 spiro atoms. The second kappa shape index (κ2) is 7.21. The number of likely N-dealkylation sites (N-methyl/N-ethyl adjacent to an activating group) is 1. The van der Waals surface area contributed by atoms with Crippen molar-refractivity contribution in [3.8, 4) is 0 Å². The third-order valence-electron chi connectivity index (χ3n) is 3.94. The summed E-state index contributed by atoms with van der Waals surface area (Å²) in [5.41, 5.74) is 0.0544. The monoisotopic (exact) mass is 326 g/mol. The molecular formula is C15H22N2O4S. The molecule has 0 radical (unpaired) electrons. The van der Waals surface area contributed by atoms with Gasteiger partial charge < -0.3 is 19.7 Å². The summed E-state index contributed by atoms with van der Waals surface area (Å²) in [5, 5.41) is 4.57. The summed E-state index contributed by atoms with van der Waals surface area (Å²) < 4.78 is 10.3. The Labute approximate surface area is 134 Å². The van der Waals surface area contributed by atoms with Crippen molar-refractivity contribution in [2.24, 2.45) is 0 Å². The fraction of sp³-hybridized carbons (Fsp3) is 0.600. The maximum absolute atomic E-state index is 12.8. The van der Waals surface area contributed by atoms with Crippen LogP contribution < -0.4 is 5.32 Å². The van der Waals surface area contributed by atoms with Crippen molar-refractivity contribution in [3.63, 3.8) is 0 Å². The summed E-state index contributed by atoms with van der Waals surface area (Å²) in [4.78, 5) is 27.5. The zero-order valence-corrected chi connectivity index (χ0v) is 14.0. The number of hydrogen-bond acceptors (Lipinski definition) is 5. The molecule has 1 aromatic heterocycles. The SMILES string of the molecule is CNC(=O)C1(COC)CCCN1C(=O)c1cc(COC)cs1. The first kappa shape index (κ1) is 16.9. The second-order valence-corrected chi connectivity index (χ2v) is 6.27. The number of amides is 2. The zero-order chi connectivity index (χ0) is 16.2. The molecule has 1 N–H and O–H groups in total. The molecule has 0 saturated carbocycles. The van der Waals surface area contributed by atoms with Gasteiger partial charge in [-0.05, 0) is 29.9 Å². The van der Waals surface area contributed by atoms with Gasteiger partial charge in [-0.1, -0.05) is 0 Å². The average molecular weight is 326 g/mol. The number of hydrogen-bond donors (Lipinski definition) is 1. The minimum absolute atomic E-state index is 0.120. The van der Waals surface area contributed by atoms with Crippen LogP contribution in [0.25, 0.3) is 0 Å². The maximum atomic E-state index is 12.8. The van der Waals surface area contributed by atoms with Crippen molar-refractivity contribution >= 4 is 23.2 Å². The third-order valence-corrected chi connectivity index (χ3v) is 4.91. The van der Waals surface area contributed by atoms with Gasteiger partial charge in [0.15, 0.2) is 0 Å². The van der Waals surface area contributed by atoms with Gasteiger partial charge in [-0.3, -0.25) is 9.59 Å². The summed E-state index contributed by atoms with van der Waals surface area (Å²) in [5.74, 6) is -0.292. The number of carbonyl (C=O) groups excluding carboxylic acids is 2. The lowest BCUT2D eigenvalue weighted by molar-refractivity contribution is -0.133. The van der Waals surface area contributed by atoms with Crippen LogP contribution in [0.2, 0.25) is 0 Å². The van der Waals surface area contributed by atoms with E-state index in [0.717, 1.165) is 12.0 Å². The van der Waals surface area contributed by atoms with Crippen LogP contribution in [-0.2, 0) is 20.9 Å². The zero-order valence-electron chi connectivity index (χ0n) is 13.2. The molecule has 1 saturated heterocycles. The predicted octanol–water partition coefficient (Wildman–Crippen LogP) is 1.26. The van der Waals surface area contributed by atoms with Gasteiger partial charge in [0.25, 0.3) is 5.91 Å². The molecule has 2 rings (SSSR count). The van der Waals surface area contributed by atoms with E-state index < -0.39 is 5.54 Å². The van der Waals surface area contributed by atoms with Gasteiger partial charge >= 0.3 is 0 Å². The standard InChI is InChI=1S/C15H22N2O4S/c1-16-14(19)15(10-21-3)5-4-6-17(15)13(18)12-7-11(8-20-2)9-22-12/h7,9H,4-6,8,10H2,1-3H3,(H,16,19). The van der Waals surface area contributed by atoms with E-state index in [-0.39, 0.29) is 18.4 Å². The first-order chi connectivity index (χ1) is 10.6. The molecule has 2 amide bonds. The number of nitrogens with one attached hydrogen (secondary N) is 1. The van der Waals surface area contributed by atoms with E-state index in [2.05, 4.69) is 5.32 Å². The first-order valence-electron chi connectivity index (χ1n) is 7.18.